The number of hydrogen-bond acceptors (Lipinski definition) is 5. The standard InChI is InChI=1S/C24H28N2O5/c1-3-13-30-21-11-9-20(10-12-21)26-15-18(14-23(26)28)24(29)31-16-22(27)25-19-7-5-17(4-2)6-8-19/h5-12,18H,3-4,13-16H2,1-2H3,(H,25,27)/t18-/m1/s1. The number of hydrogen-bond donors (Lipinski definition) is 1. The number of aryl methyl sites for hydroxylation is 1. The van der Waals surface area contributed by atoms with Crippen molar-refractivity contribution in [3.05, 3.63) is 54.1 Å². The SMILES string of the molecule is CCCOc1ccc(N2C[C@H](C(=O)OCC(=O)Nc3ccc(CC)cc3)CC2=O)cc1. The van der Waals surface area contributed by atoms with Gasteiger partial charge in [-0.3, -0.25) is 14.4 Å². The maximum Gasteiger partial charge on any atom is 0.311 e. The third kappa shape index (κ3) is 6.07. The Labute approximate surface area is 182 Å². The van der Waals surface area contributed by atoms with Gasteiger partial charge in [0, 0.05) is 24.3 Å². The number of nitrogens with one attached hydrogen (secondary N) is 1. The van der Waals surface area contributed by atoms with Gasteiger partial charge in [-0.05, 0) is 54.8 Å². The number of ether oxygens (including phenoxy) is 2. The van der Waals surface area contributed by atoms with Gasteiger partial charge < -0.3 is 19.7 Å². The van der Waals surface area contributed by atoms with Crippen LogP contribution in [0.25, 0.3) is 0 Å². The molecule has 2 aromatic carbocycles. The van der Waals surface area contributed by atoms with Crippen LogP contribution >= 0.6 is 0 Å². The molecule has 2 amide bonds. The van der Waals surface area contributed by atoms with Crippen molar-refractivity contribution < 1.29 is 23.9 Å². The minimum absolute atomic E-state index is 0.0625. The lowest BCUT2D eigenvalue weighted by atomic mass is 10.1. The molecule has 31 heavy (non-hydrogen) atoms. The Balaban J connectivity index is 1.48. The molecule has 1 saturated heterocycles. The van der Waals surface area contributed by atoms with E-state index in [-0.39, 0.29) is 25.5 Å². The lowest BCUT2D eigenvalue weighted by molar-refractivity contribution is -0.151. The molecule has 0 saturated carbocycles. The van der Waals surface area contributed by atoms with Crippen LogP contribution in [0.1, 0.15) is 32.3 Å². The van der Waals surface area contributed by atoms with E-state index in [4.69, 9.17) is 9.47 Å². The molecule has 0 radical (unpaired) electrons. The van der Waals surface area contributed by atoms with Crippen LogP contribution in [0.4, 0.5) is 11.4 Å². The van der Waals surface area contributed by atoms with Crippen LogP contribution in [0.3, 0.4) is 0 Å². The number of nitrogens with zero attached hydrogens (tertiary/aromatic N) is 1. The van der Waals surface area contributed by atoms with Crippen LogP contribution in [0.2, 0.25) is 0 Å². The molecule has 0 unspecified atom stereocenters. The van der Waals surface area contributed by atoms with E-state index in [1.807, 2.05) is 31.2 Å². The van der Waals surface area contributed by atoms with Crippen molar-refractivity contribution in [2.24, 2.45) is 5.92 Å². The molecule has 7 heteroatoms. The summed E-state index contributed by atoms with van der Waals surface area (Å²) in [5.74, 6) is -0.968. The predicted octanol–water partition coefficient (Wildman–Crippen LogP) is 3.57. The molecule has 0 bridgehead atoms. The highest BCUT2D eigenvalue weighted by atomic mass is 16.5. The van der Waals surface area contributed by atoms with Crippen molar-refractivity contribution in [1.82, 2.24) is 0 Å². The molecule has 0 aromatic heterocycles. The fraction of sp³-hybridized carbons (Fsp3) is 0.375. The Kier molecular flexibility index (Phi) is 7.65. The van der Waals surface area contributed by atoms with Crippen LogP contribution in [-0.2, 0) is 25.5 Å². The number of esters is 1. The van der Waals surface area contributed by atoms with Crippen molar-refractivity contribution >= 4 is 29.2 Å². The summed E-state index contributed by atoms with van der Waals surface area (Å²) in [5, 5.41) is 2.70. The molecule has 1 aliphatic rings. The van der Waals surface area contributed by atoms with Gasteiger partial charge in [-0.2, -0.15) is 0 Å². The number of benzene rings is 2. The monoisotopic (exact) mass is 424 g/mol. The summed E-state index contributed by atoms with van der Waals surface area (Å²) in [6, 6.07) is 14.7. The first-order chi connectivity index (χ1) is 15.0. The molecule has 1 heterocycles. The average Bonchev–Trinajstić information content (AvgIpc) is 3.18. The zero-order chi connectivity index (χ0) is 22.2. The van der Waals surface area contributed by atoms with Crippen molar-refractivity contribution in [1.29, 1.82) is 0 Å². The number of carbonyl (C=O) groups is 3. The van der Waals surface area contributed by atoms with E-state index in [0.717, 1.165) is 18.6 Å². The number of anilines is 2. The van der Waals surface area contributed by atoms with Gasteiger partial charge >= 0.3 is 5.97 Å². The van der Waals surface area contributed by atoms with Crippen molar-refractivity contribution in [2.75, 3.05) is 30.0 Å². The van der Waals surface area contributed by atoms with Gasteiger partial charge in [-0.25, -0.2) is 0 Å². The molecule has 1 fully saturated rings. The van der Waals surface area contributed by atoms with Crippen LogP contribution < -0.4 is 15.0 Å². The van der Waals surface area contributed by atoms with Gasteiger partial charge in [-0.1, -0.05) is 26.0 Å². The number of carbonyl (C=O) groups excluding carboxylic acids is 3. The average molecular weight is 424 g/mol. The topological polar surface area (TPSA) is 84.9 Å². The lowest BCUT2D eigenvalue weighted by Crippen LogP contribution is -2.28. The second kappa shape index (κ2) is 10.6. The van der Waals surface area contributed by atoms with Crippen molar-refractivity contribution in [3.8, 4) is 5.75 Å². The lowest BCUT2D eigenvalue weighted by Gasteiger charge is -2.17. The second-order valence-corrected chi connectivity index (χ2v) is 7.45. The van der Waals surface area contributed by atoms with Gasteiger partial charge in [0.15, 0.2) is 6.61 Å². The van der Waals surface area contributed by atoms with E-state index >= 15 is 0 Å². The molecule has 3 rings (SSSR count). The van der Waals surface area contributed by atoms with E-state index in [2.05, 4.69) is 12.2 Å². The molecule has 1 N–H and O–H groups in total. The van der Waals surface area contributed by atoms with E-state index in [0.29, 0.717) is 18.0 Å². The molecular weight excluding hydrogens is 396 g/mol. The van der Waals surface area contributed by atoms with E-state index in [1.54, 1.807) is 29.2 Å². The Hall–Kier alpha value is -3.35. The third-order valence-electron chi connectivity index (χ3n) is 5.07. The molecule has 0 spiro atoms. The Morgan fingerprint density at radius 1 is 1.06 bits per heavy atom. The van der Waals surface area contributed by atoms with Gasteiger partial charge in [0.2, 0.25) is 5.91 Å². The Bertz CT molecular complexity index is 909. The maximum atomic E-state index is 12.4. The molecule has 7 nitrogen and oxygen atoms in total. The first kappa shape index (κ1) is 22.3. The van der Waals surface area contributed by atoms with E-state index in [9.17, 15) is 14.4 Å². The number of rotatable bonds is 9. The maximum absolute atomic E-state index is 12.4. The largest absolute Gasteiger partial charge is 0.494 e. The zero-order valence-corrected chi connectivity index (χ0v) is 17.9. The zero-order valence-electron chi connectivity index (χ0n) is 17.9. The molecule has 164 valence electrons. The first-order valence-electron chi connectivity index (χ1n) is 10.6. The van der Waals surface area contributed by atoms with Gasteiger partial charge in [-0.15, -0.1) is 0 Å². The first-order valence-corrected chi connectivity index (χ1v) is 10.6. The highest BCUT2D eigenvalue weighted by Gasteiger charge is 2.36. The third-order valence-corrected chi connectivity index (χ3v) is 5.07. The van der Waals surface area contributed by atoms with Crippen LogP contribution in [-0.4, -0.2) is 37.5 Å². The van der Waals surface area contributed by atoms with Crippen LogP contribution in [0, 0.1) is 5.92 Å². The summed E-state index contributed by atoms with van der Waals surface area (Å²) in [4.78, 5) is 38.4. The van der Waals surface area contributed by atoms with E-state index in [1.165, 1.54) is 5.56 Å². The fourth-order valence-electron chi connectivity index (χ4n) is 3.33. The number of amides is 2. The van der Waals surface area contributed by atoms with E-state index < -0.39 is 17.8 Å². The quantitative estimate of drug-likeness (QED) is 0.622. The normalized spacial score (nSPS) is 15.6. The molecule has 0 aliphatic carbocycles. The smallest absolute Gasteiger partial charge is 0.311 e. The highest BCUT2D eigenvalue weighted by molar-refractivity contribution is 6.00. The second-order valence-electron chi connectivity index (χ2n) is 7.45. The molecule has 1 aliphatic heterocycles. The van der Waals surface area contributed by atoms with Crippen LogP contribution in [0.5, 0.6) is 5.75 Å². The predicted molar refractivity (Wildman–Crippen MR) is 118 cm³/mol. The Morgan fingerprint density at radius 2 is 1.77 bits per heavy atom. The summed E-state index contributed by atoms with van der Waals surface area (Å²) >= 11 is 0. The van der Waals surface area contributed by atoms with Crippen molar-refractivity contribution in [2.45, 2.75) is 33.1 Å². The fourth-order valence-corrected chi connectivity index (χ4v) is 3.33. The molecule has 2 aromatic rings. The molecular formula is C24H28N2O5. The minimum atomic E-state index is -0.597. The summed E-state index contributed by atoms with van der Waals surface area (Å²) in [7, 11) is 0. The van der Waals surface area contributed by atoms with Gasteiger partial charge in [0.1, 0.15) is 5.75 Å². The Morgan fingerprint density at radius 3 is 2.42 bits per heavy atom. The molecule has 1 atom stereocenters. The van der Waals surface area contributed by atoms with Crippen molar-refractivity contribution in [3.63, 3.8) is 0 Å². The summed E-state index contributed by atoms with van der Waals surface area (Å²) in [6.07, 6.45) is 1.89. The van der Waals surface area contributed by atoms with Crippen LogP contribution in [0.15, 0.2) is 48.5 Å². The summed E-state index contributed by atoms with van der Waals surface area (Å²) in [6.45, 7) is 4.56. The highest BCUT2D eigenvalue weighted by Crippen LogP contribution is 2.27. The summed E-state index contributed by atoms with van der Waals surface area (Å²) < 4.78 is 10.7. The minimum Gasteiger partial charge on any atom is -0.494 e. The summed E-state index contributed by atoms with van der Waals surface area (Å²) in [5.41, 5.74) is 2.52. The van der Waals surface area contributed by atoms with Gasteiger partial charge in [0.25, 0.3) is 5.91 Å². The van der Waals surface area contributed by atoms with Gasteiger partial charge in [0.05, 0.1) is 12.5 Å².